The second kappa shape index (κ2) is 12.7. The molecule has 2 N–H and O–H groups in total. The summed E-state index contributed by atoms with van der Waals surface area (Å²) >= 11 is 5.97. The van der Waals surface area contributed by atoms with Crippen LogP contribution in [-0.2, 0) is 9.53 Å². The number of carbonyl (C=O) groups excluding carboxylic acids is 1. The maximum atomic E-state index is 13.7. The summed E-state index contributed by atoms with van der Waals surface area (Å²) in [6.45, 7) is 5.25. The molecule has 8 nitrogen and oxygen atoms in total. The van der Waals surface area contributed by atoms with Crippen molar-refractivity contribution >= 4 is 45.6 Å². The van der Waals surface area contributed by atoms with Crippen molar-refractivity contribution in [2.45, 2.75) is 32.1 Å². The molecule has 41 heavy (non-hydrogen) atoms. The lowest BCUT2D eigenvalue weighted by Gasteiger charge is -2.33. The third-order valence-corrected chi connectivity index (χ3v) is 8.53. The summed E-state index contributed by atoms with van der Waals surface area (Å²) in [4.78, 5) is 24.2. The largest absolute Gasteiger partial charge is 0.491 e. The second-order valence-corrected chi connectivity index (χ2v) is 11.7. The summed E-state index contributed by atoms with van der Waals surface area (Å²) in [5.74, 6) is 2.37. The lowest BCUT2D eigenvalue weighted by Crippen LogP contribution is -2.36. The summed E-state index contributed by atoms with van der Waals surface area (Å²) in [5.41, 5.74) is 1.78. The molecule has 1 unspecified atom stereocenters. The van der Waals surface area contributed by atoms with Crippen molar-refractivity contribution in [1.82, 2.24) is 14.9 Å². The number of benzene rings is 2. The summed E-state index contributed by atoms with van der Waals surface area (Å²) in [6, 6.07) is 8.01. The summed E-state index contributed by atoms with van der Waals surface area (Å²) in [5, 5.41) is 6.88. The Kier molecular flexibility index (Phi) is 8.64. The number of halogens is 2. The molecule has 1 atom stereocenters. The van der Waals surface area contributed by atoms with Crippen LogP contribution in [-0.4, -0.2) is 60.2 Å². The van der Waals surface area contributed by atoms with Gasteiger partial charge in [0.05, 0.1) is 22.8 Å². The number of likely N-dealkylation sites (tertiary alicyclic amines) is 1. The van der Waals surface area contributed by atoms with Gasteiger partial charge in [-0.2, -0.15) is 0 Å². The van der Waals surface area contributed by atoms with Crippen molar-refractivity contribution in [3.05, 3.63) is 59.7 Å². The fourth-order valence-corrected chi connectivity index (χ4v) is 5.80. The molecule has 1 amide bonds. The van der Waals surface area contributed by atoms with Crippen molar-refractivity contribution in [1.29, 1.82) is 0 Å². The van der Waals surface area contributed by atoms with Gasteiger partial charge in [-0.3, -0.25) is 9.69 Å². The number of piperidine rings is 1. The Morgan fingerprint density at radius 3 is 2.73 bits per heavy atom. The Morgan fingerprint density at radius 1 is 1.12 bits per heavy atom. The quantitative estimate of drug-likeness (QED) is 0.277. The molecule has 216 valence electrons. The predicted molar refractivity (Wildman–Crippen MR) is 158 cm³/mol. The van der Waals surface area contributed by atoms with Gasteiger partial charge in [0.1, 0.15) is 23.7 Å². The number of hydrogen-bond acceptors (Lipinski definition) is 7. The van der Waals surface area contributed by atoms with E-state index in [1.54, 1.807) is 12.1 Å². The van der Waals surface area contributed by atoms with Crippen molar-refractivity contribution < 1.29 is 18.7 Å². The van der Waals surface area contributed by atoms with Crippen LogP contribution in [0.4, 0.5) is 21.6 Å². The molecule has 0 spiro atoms. The fourth-order valence-electron chi connectivity index (χ4n) is 5.62. The minimum absolute atomic E-state index is 0.0108. The highest BCUT2D eigenvalue weighted by Crippen LogP contribution is 2.36. The van der Waals surface area contributed by atoms with Crippen LogP contribution in [0.2, 0.25) is 5.02 Å². The molecule has 1 aromatic heterocycles. The van der Waals surface area contributed by atoms with Crippen LogP contribution >= 0.6 is 11.6 Å². The van der Waals surface area contributed by atoms with E-state index >= 15 is 0 Å². The lowest BCUT2D eigenvalue weighted by molar-refractivity contribution is -0.111. The predicted octanol–water partition coefficient (Wildman–Crippen LogP) is 6.20. The zero-order valence-electron chi connectivity index (χ0n) is 23.0. The number of fused-ring (bicyclic) bond motifs is 1. The van der Waals surface area contributed by atoms with Gasteiger partial charge in [0.2, 0.25) is 5.91 Å². The van der Waals surface area contributed by atoms with Gasteiger partial charge in [0.15, 0.2) is 0 Å². The molecule has 2 saturated heterocycles. The number of anilines is 3. The van der Waals surface area contributed by atoms with Crippen LogP contribution < -0.4 is 15.4 Å². The van der Waals surface area contributed by atoms with Crippen molar-refractivity contribution in [2.75, 3.05) is 50.1 Å². The average Bonchev–Trinajstić information content (AvgIpc) is 3.64. The van der Waals surface area contributed by atoms with Crippen LogP contribution in [0.15, 0.2) is 48.8 Å². The van der Waals surface area contributed by atoms with Crippen molar-refractivity contribution in [2.24, 2.45) is 17.8 Å². The molecule has 0 radical (unpaired) electrons. The molecule has 10 heteroatoms. The van der Waals surface area contributed by atoms with Gasteiger partial charge in [0.25, 0.3) is 0 Å². The van der Waals surface area contributed by atoms with Crippen molar-refractivity contribution in [3.8, 4) is 5.75 Å². The number of ether oxygens (including phenoxy) is 2. The Balaban J connectivity index is 1.14. The van der Waals surface area contributed by atoms with E-state index < -0.39 is 5.82 Å². The molecular formula is C31H35ClFN5O3. The summed E-state index contributed by atoms with van der Waals surface area (Å²) in [7, 11) is 0. The first-order valence-electron chi connectivity index (χ1n) is 14.4. The first kappa shape index (κ1) is 27.9. The number of hydrogen-bond donors (Lipinski definition) is 2. The monoisotopic (exact) mass is 579 g/mol. The smallest absolute Gasteiger partial charge is 0.248 e. The Labute approximate surface area is 244 Å². The zero-order chi connectivity index (χ0) is 28.2. The van der Waals surface area contributed by atoms with Crippen LogP contribution in [0.1, 0.15) is 32.1 Å². The standard InChI is InChI=1S/C31H35ClFN5O3/c32-25-14-23(5-6-26(25)33)36-31-24-15-28(29(41-17-20-3-4-20)16-27(24)34-19-35-31)37-30(39)2-1-10-38-11-7-21(8-12-38)22-9-13-40-18-22/h1-2,5-6,14-16,19-22H,3-4,7-13,17-18H2,(H,37,39)(H,34,35,36). The molecule has 1 aliphatic carbocycles. The van der Waals surface area contributed by atoms with Gasteiger partial charge in [-0.05, 0) is 87.2 Å². The van der Waals surface area contributed by atoms with E-state index in [9.17, 15) is 9.18 Å². The number of amides is 1. The third-order valence-electron chi connectivity index (χ3n) is 8.24. The van der Waals surface area contributed by atoms with Crippen LogP contribution in [0, 0.1) is 23.6 Å². The lowest BCUT2D eigenvalue weighted by atomic mass is 9.84. The Morgan fingerprint density at radius 2 is 1.98 bits per heavy atom. The number of aromatic nitrogens is 2. The van der Waals surface area contributed by atoms with Crippen LogP contribution in [0.25, 0.3) is 10.9 Å². The minimum atomic E-state index is -0.496. The number of nitrogens with zero attached hydrogens (tertiary/aromatic N) is 3. The van der Waals surface area contributed by atoms with Gasteiger partial charge in [-0.25, -0.2) is 14.4 Å². The van der Waals surface area contributed by atoms with Gasteiger partial charge >= 0.3 is 0 Å². The molecule has 3 aliphatic rings. The van der Waals surface area contributed by atoms with Crippen LogP contribution in [0.5, 0.6) is 5.75 Å². The topological polar surface area (TPSA) is 88.6 Å². The maximum Gasteiger partial charge on any atom is 0.248 e. The fraction of sp³-hybridized carbons (Fsp3) is 0.452. The van der Waals surface area contributed by atoms with Gasteiger partial charge in [0, 0.05) is 43.0 Å². The average molecular weight is 580 g/mol. The van der Waals surface area contributed by atoms with Crippen molar-refractivity contribution in [3.63, 3.8) is 0 Å². The number of carbonyl (C=O) groups is 1. The molecule has 3 fully saturated rings. The highest BCUT2D eigenvalue weighted by atomic mass is 35.5. The maximum absolute atomic E-state index is 13.7. The molecular weight excluding hydrogens is 545 g/mol. The second-order valence-electron chi connectivity index (χ2n) is 11.2. The van der Waals surface area contributed by atoms with E-state index in [0.29, 0.717) is 52.3 Å². The summed E-state index contributed by atoms with van der Waals surface area (Å²) < 4.78 is 25.3. The van der Waals surface area contributed by atoms with E-state index in [4.69, 9.17) is 21.1 Å². The molecule has 6 rings (SSSR count). The SMILES string of the molecule is O=C(C=CCN1CCC(C2CCOC2)CC1)Nc1cc2c(Nc3ccc(F)c(Cl)c3)ncnc2cc1OCC1CC1. The van der Waals surface area contributed by atoms with E-state index in [0.717, 1.165) is 51.6 Å². The van der Waals surface area contributed by atoms with Gasteiger partial charge < -0.3 is 20.1 Å². The first-order chi connectivity index (χ1) is 20.0. The van der Waals surface area contributed by atoms with E-state index in [-0.39, 0.29) is 10.9 Å². The molecule has 2 aliphatic heterocycles. The minimum Gasteiger partial charge on any atom is -0.491 e. The number of nitrogens with one attached hydrogen (secondary N) is 2. The molecule has 1 saturated carbocycles. The highest BCUT2D eigenvalue weighted by molar-refractivity contribution is 6.31. The Bertz CT molecular complexity index is 1420. The van der Waals surface area contributed by atoms with E-state index in [1.165, 1.54) is 37.7 Å². The van der Waals surface area contributed by atoms with Crippen LogP contribution in [0.3, 0.4) is 0 Å². The van der Waals surface area contributed by atoms with Gasteiger partial charge in [-0.15, -0.1) is 0 Å². The highest BCUT2D eigenvalue weighted by Gasteiger charge is 2.29. The van der Waals surface area contributed by atoms with E-state index in [2.05, 4.69) is 25.5 Å². The number of rotatable bonds is 10. The molecule has 3 heterocycles. The first-order valence-corrected chi connectivity index (χ1v) is 14.8. The third kappa shape index (κ3) is 7.15. The van der Waals surface area contributed by atoms with E-state index in [1.807, 2.05) is 18.2 Å². The zero-order valence-corrected chi connectivity index (χ0v) is 23.7. The van der Waals surface area contributed by atoms with Gasteiger partial charge in [-0.1, -0.05) is 17.7 Å². The normalized spacial score (nSPS) is 20.1. The summed E-state index contributed by atoms with van der Waals surface area (Å²) in [6.07, 6.45) is 10.8. The molecule has 0 bridgehead atoms. The molecule has 2 aromatic carbocycles. The Hall–Kier alpha value is -3.27. The molecule has 3 aromatic rings.